The normalized spacial score (nSPS) is 27.4. The van der Waals surface area contributed by atoms with Gasteiger partial charge in [-0.05, 0) is 37.5 Å². The summed E-state index contributed by atoms with van der Waals surface area (Å²) < 4.78 is 39.6. The van der Waals surface area contributed by atoms with E-state index in [4.69, 9.17) is 0 Å². The third-order valence-electron chi connectivity index (χ3n) is 3.84. The quantitative estimate of drug-likeness (QED) is 0.848. The fourth-order valence-corrected chi connectivity index (χ4v) is 3.21. The van der Waals surface area contributed by atoms with E-state index < -0.39 is 17.6 Å². The highest BCUT2D eigenvalue weighted by Gasteiger charge is 2.47. The molecular formula is C14H17BrF3NO. The Morgan fingerprint density at radius 1 is 1.40 bits per heavy atom. The Balaban J connectivity index is 2.16. The van der Waals surface area contributed by atoms with Crippen LogP contribution in [0.1, 0.15) is 25.7 Å². The number of hydrogen-bond acceptors (Lipinski definition) is 2. The molecule has 1 aromatic carbocycles. The molecule has 0 amide bonds. The molecule has 0 aliphatic heterocycles. The highest BCUT2D eigenvalue weighted by atomic mass is 79.9. The van der Waals surface area contributed by atoms with E-state index in [-0.39, 0.29) is 19.4 Å². The number of aliphatic hydroxyl groups excluding tert-OH is 1. The van der Waals surface area contributed by atoms with Crippen molar-refractivity contribution >= 4 is 21.6 Å². The van der Waals surface area contributed by atoms with E-state index in [0.29, 0.717) is 12.8 Å². The van der Waals surface area contributed by atoms with Gasteiger partial charge in [0.2, 0.25) is 0 Å². The van der Waals surface area contributed by atoms with Crippen molar-refractivity contribution in [3.63, 3.8) is 0 Å². The van der Waals surface area contributed by atoms with Crippen molar-refractivity contribution in [2.75, 3.05) is 11.9 Å². The summed E-state index contributed by atoms with van der Waals surface area (Å²) in [5.74, 6) is -1.34. The third kappa shape index (κ3) is 3.67. The molecule has 0 radical (unpaired) electrons. The second-order valence-corrected chi connectivity index (χ2v) is 6.32. The number of rotatable bonds is 3. The lowest BCUT2D eigenvalue weighted by atomic mass is 9.75. The zero-order chi connectivity index (χ0) is 14.8. The Labute approximate surface area is 124 Å². The number of halogens is 4. The molecule has 2 nitrogen and oxygen atoms in total. The molecule has 2 atom stereocenters. The highest BCUT2D eigenvalue weighted by molar-refractivity contribution is 9.10. The maximum Gasteiger partial charge on any atom is 0.391 e. The fourth-order valence-electron chi connectivity index (χ4n) is 2.81. The molecule has 1 aliphatic carbocycles. The standard InChI is InChI=1S/C14H17BrF3NO/c15-11-4-1-5-12(7-11)19-13(9-20)6-2-3-10(8-13)14(16,17)18/h1,4-5,7,10,19-20H,2-3,6,8-9H2. The first-order valence-corrected chi connectivity index (χ1v) is 7.35. The highest BCUT2D eigenvalue weighted by Crippen LogP contribution is 2.43. The van der Waals surface area contributed by atoms with E-state index in [2.05, 4.69) is 21.2 Å². The van der Waals surface area contributed by atoms with Crippen LogP contribution >= 0.6 is 15.9 Å². The molecule has 1 aliphatic rings. The minimum Gasteiger partial charge on any atom is -0.394 e. The largest absolute Gasteiger partial charge is 0.394 e. The number of hydrogen-bond donors (Lipinski definition) is 2. The summed E-state index contributed by atoms with van der Waals surface area (Å²) in [4.78, 5) is 0. The molecule has 0 spiro atoms. The topological polar surface area (TPSA) is 32.3 Å². The van der Waals surface area contributed by atoms with Crippen molar-refractivity contribution in [3.05, 3.63) is 28.7 Å². The van der Waals surface area contributed by atoms with Crippen LogP contribution in [0.5, 0.6) is 0 Å². The van der Waals surface area contributed by atoms with Crippen molar-refractivity contribution in [3.8, 4) is 0 Å². The van der Waals surface area contributed by atoms with Gasteiger partial charge in [-0.25, -0.2) is 0 Å². The van der Waals surface area contributed by atoms with Gasteiger partial charge >= 0.3 is 6.18 Å². The van der Waals surface area contributed by atoms with Crippen LogP contribution in [0.15, 0.2) is 28.7 Å². The monoisotopic (exact) mass is 351 g/mol. The Kier molecular flexibility index (Phi) is 4.64. The van der Waals surface area contributed by atoms with E-state index in [9.17, 15) is 18.3 Å². The predicted octanol–water partition coefficient (Wildman–Crippen LogP) is 4.34. The lowest BCUT2D eigenvalue weighted by molar-refractivity contribution is -0.187. The molecule has 112 valence electrons. The van der Waals surface area contributed by atoms with Crippen molar-refractivity contribution in [1.29, 1.82) is 0 Å². The molecule has 2 rings (SSSR count). The summed E-state index contributed by atoms with van der Waals surface area (Å²) in [5, 5.41) is 12.7. The average molecular weight is 352 g/mol. The molecule has 6 heteroatoms. The lowest BCUT2D eigenvalue weighted by Gasteiger charge is -2.41. The Morgan fingerprint density at radius 3 is 2.75 bits per heavy atom. The minimum absolute atomic E-state index is 0.0838. The Bertz CT molecular complexity index is 466. The van der Waals surface area contributed by atoms with Crippen LogP contribution in [0.2, 0.25) is 0 Å². The van der Waals surface area contributed by atoms with Gasteiger partial charge < -0.3 is 10.4 Å². The Morgan fingerprint density at radius 2 is 2.15 bits per heavy atom. The van der Waals surface area contributed by atoms with Crippen molar-refractivity contribution in [2.24, 2.45) is 5.92 Å². The minimum atomic E-state index is -4.19. The van der Waals surface area contributed by atoms with E-state index in [0.717, 1.165) is 10.2 Å². The second kappa shape index (κ2) is 5.93. The van der Waals surface area contributed by atoms with Crippen LogP contribution in [0.25, 0.3) is 0 Å². The molecule has 1 aromatic rings. The molecule has 1 fully saturated rings. The molecule has 2 unspecified atom stereocenters. The summed E-state index contributed by atoms with van der Waals surface area (Å²) in [6, 6.07) is 7.24. The smallest absolute Gasteiger partial charge is 0.391 e. The van der Waals surface area contributed by atoms with Gasteiger partial charge in [-0.1, -0.05) is 28.4 Å². The zero-order valence-electron chi connectivity index (χ0n) is 10.9. The average Bonchev–Trinajstić information content (AvgIpc) is 2.38. The van der Waals surface area contributed by atoms with Gasteiger partial charge in [0.15, 0.2) is 0 Å². The van der Waals surface area contributed by atoms with E-state index >= 15 is 0 Å². The van der Waals surface area contributed by atoms with Gasteiger partial charge in [0.25, 0.3) is 0 Å². The molecule has 0 saturated heterocycles. The molecule has 0 bridgehead atoms. The lowest BCUT2D eigenvalue weighted by Crippen LogP contribution is -2.48. The number of alkyl halides is 3. The van der Waals surface area contributed by atoms with Gasteiger partial charge in [-0.3, -0.25) is 0 Å². The van der Waals surface area contributed by atoms with Crippen LogP contribution in [-0.4, -0.2) is 23.4 Å². The first kappa shape index (κ1) is 15.6. The molecule has 20 heavy (non-hydrogen) atoms. The summed E-state index contributed by atoms with van der Waals surface area (Å²) >= 11 is 3.33. The van der Waals surface area contributed by atoms with Crippen LogP contribution in [0, 0.1) is 5.92 Å². The number of nitrogens with one attached hydrogen (secondary N) is 1. The first-order valence-electron chi connectivity index (χ1n) is 6.56. The molecule has 0 aromatic heterocycles. The zero-order valence-corrected chi connectivity index (χ0v) is 12.5. The first-order chi connectivity index (χ1) is 9.35. The Hall–Kier alpha value is -0.750. The summed E-state index contributed by atoms with van der Waals surface area (Å²) in [7, 11) is 0. The van der Waals surface area contributed by atoms with Crippen LogP contribution in [-0.2, 0) is 0 Å². The van der Waals surface area contributed by atoms with E-state index in [1.165, 1.54) is 0 Å². The second-order valence-electron chi connectivity index (χ2n) is 5.41. The van der Waals surface area contributed by atoms with E-state index in [1.807, 2.05) is 12.1 Å². The maximum atomic E-state index is 12.9. The number of aliphatic hydroxyl groups is 1. The summed E-state index contributed by atoms with van der Waals surface area (Å²) in [6.45, 7) is -0.300. The SMILES string of the molecule is OCC1(Nc2cccc(Br)c2)CCCC(C(F)(F)F)C1. The fraction of sp³-hybridized carbons (Fsp3) is 0.571. The maximum absolute atomic E-state index is 12.9. The van der Waals surface area contributed by atoms with Crippen LogP contribution in [0.3, 0.4) is 0 Å². The van der Waals surface area contributed by atoms with Gasteiger partial charge in [0, 0.05) is 10.2 Å². The van der Waals surface area contributed by atoms with Gasteiger partial charge in [0.1, 0.15) is 0 Å². The van der Waals surface area contributed by atoms with E-state index in [1.54, 1.807) is 12.1 Å². The summed E-state index contributed by atoms with van der Waals surface area (Å²) in [6.07, 6.45) is -3.13. The molecule has 1 saturated carbocycles. The number of benzene rings is 1. The van der Waals surface area contributed by atoms with Crippen molar-refractivity contribution < 1.29 is 18.3 Å². The third-order valence-corrected chi connectivity index (χ3v) is 4.34. The van der Waals surface area contributed by atoms with Crippen LogP contribution < -0.4 is 5.32 Å². The van der Waals surface area contributed by atoms with Crippen molar-refractivity contribution in [2.45, 2.75) is 37.4 Å². The molecule has 0 heterocycles. The molecular weight excluding hydrogens is 335 g/mol. The van der Waals surface area contributed by atoms with Gasteiger partial charge in [-0.2, -0.15) is 13.2 Å². The number of anilines is 1. The molecule has 2 N–H and O–H groups in total. The van der Waals surface area contributed by atoms with Crippen molar-refractivity contribution in [1.82, 2.24) is 0 Å². The predicted molar refractivity (Wildman–Crippen MR) is 75.6 cm³/mol. The van der Waals surface area contributed by atoms with Gasteiger partial charge in [0.05, 0.1) is 18.1 Å². The summed E-state index contributed by atoms with van der Waals surface area (Å²) in [5.41, 5.74) is -0.171. The van der Waals surface area contributed by atoms with Crippen LogP contribution in [0.4, 0.5) is 18.9 Å². The van der Waals surface area contributed by atoms with Gasteiger partial charge in [-0.15, -0.1) is 0 Å².